The number of nitrogens with zero attached hydrogens (tertiary/aromatic N) is 2. The fraction of sp³-hybridized carbons (Fsp3) is 0.222. The lowest BCUT2D eigenvalue weighted by atomic mass is 10.1. The number of hydrogen-bond acceptors (Lipinski definition) is 3. The molecule has 0 atom stereocenters. The van der Waals surface area contributed by atoms with Gasteiger partial charge < -0.3 is 20.7 Å². The first-order chi connectivity index (χ1) is 11.5. The van der Waals surface area contributed by atoms with Crippen molar-refractivity contribution >= 4 is 17.6 Å². The molecule has 0 radical (unpaired) electrons. The van der Waals surface area contributed by atoms with Crippen molar-refractivity contribution in [2.75, 3.05) is 26.5 Å². The van der Waals surface area contributed by atoms with E-state index in [1.54, 1.807) is 38.2 Å². The van der Waals surface area contributed by atoms with E-state index in [1.165, 1.54) is 0 Å². The molecule has 126 valence electrons. The third-order valence-electron chi connectivity index (χ3n) is 3.40. The molecule has 0 saturated heterocycles. The van der Waals surface area contributed by atoms with Gasteiger partial charge in [-0.2, -0.15) is 0 Å². The Bertz CT molecular complexity index is 707. The predicted octanol–water partition coefficient (Wildman–Crippen LogP) is 2.32. The second kappa shape index (κ2) is 8.01. The molecule has 0 fully saturated rings. The molecule has 6 nitrogen and oxygen atoms in total. The summed E-state index contributed by atoms with van der Waals surface area (Å²) in [6.45, 7) is 0.436. The summed E-state index contributed by atoms with van der Waals surface area (Å²) < 4.78 is 5.10. The van der Waals surface area contributed by atoms with Crippen molar-refractivity contribution in [1.29, 1.82) is 0 Å². The number of guanidine groups is 1. The number of aliphatic imine (C=N–C) groups is 1. The lowest BCUT2D eigenvalue weighted by molar-refractivity contribution is 0.0827. The molecule has 3 N–H and O–H groups in total. The van der Waals surface area contributed by atoms with Crippen LogP contribution in [0.4, 0.5) is 5.69 Å². The minimum absolute atomic E-state index is 0.0225. The largest absolute Gasteiger partial charge is 0.497 e. The lowest BCUT2D eigenvalue weighted by Gasteiger charge is -2.10. The molecule has 6 heteroatoms. The van der Waals surface area contributed by atoms with E-state index >= 15 is 0 Å². The molecule has 0 bridgehead atoms. The molecule has 2 aromatic carbocycles. The summed E-state index contributed by atoms with van der Waals surface area (Å²) in [5.74, 6) is 1.09. The van der Waals surface area contributed by atoms with Crippen molar-refractivity contribution in [1.82, 2.24) is 4.90 Å². The highest BCUT2D eigenvalue weighted by Gasteiger charge is 2.06. The monoisotopic (exact) mass is 326 g/mol. The van der Waals surface area contributed by atoms with Crippen LogP contribution in [0.5, 0.6) is 5.75 Å². The zero-order chi connectivity index (χ0) is 17.5. The highest BCUT2D eigenvalue weighted by Crippen LogP contribution is 2.14. The molecule has 0 unspecified atom stereocenters. The van der Waals surface area contributed by atoms with Gasteiger partial charge >= 0.3 is 0 Å². The van der Waals surface area contributed by atoms with E-state index in [1.807, 2.05) is 36.4 Å². The van der Waals surface area contributed by atoms with Crippen LogP contribution in [0.25, 0.3) is 0 Å². The van der Waals surface area contributed by atoms with Crippen molar-refractivity contribution in [2.45, 2.75) is 6.54 Å². The van der Waals surface area contributed by atoms with Crippen LogP contribution in [0.3, 0.4) is 0 Å². The van der Waals surface area contributed by atoms with Gasteiger partial charge in [-0.1, -0.05) is 12.1 Å². The first kappa shape index (κ1) is 17.3. The van der Waals surface area contributed by atoms with Crippen LogP contribution in [0.2, 0.25) is 0 Å². The molecule has 24 heavy (non-hydrogen) atoms. The fourth-order valence-corrected chi connectivity index (χ4v) is 2.05. The van der Waals surface area contributed by atoms with E-state index in [0.29, 0.717) is 18.1 Å². The quantitative estimate of drug-likeness (QED) is 0.653. The van der Waals surface area contributed by atoms with Gasteiger partial charge in [0.25, 0.3) is 5.91 Å². The standard InChI is InChI=1S/C18H22N4O2/c1-22(2)17(23)14-6-4-13(5-7-14)12-20-18(19)21-15-8-10-16(24-3)11-9-15/h4-11H,12H2,1-3H3,(H3,19,20,21). The number of amides is 1. The van der Waals surface area contributed by atoms with Gasteiger partial charge in [-0.15, -0.1) is 0 Å². The van der Waals surface area contributed by atoms with Crippen LogP contribution in [0.15, 0.2) is 53.5 Å². The summed E-state index contributed by atoms with van der Waals surface area (Å²) >= 11 is 0. The highest BCUT2D eigenvalue weighted by atomic mass is 16.5. The van der Waals surface area contributed by atoms with Crippen molar-refractivity contribution < 1.29 is 9.53 Å². The number of ether oxygens (including phenoxy) is 1. The molecule has 0 spiro atoms. The zero-order valence-electron chi connectivity index (χ0n) is 14.1. The van der Waals surface area contributed by atoms with Crippen molar-refractivity contribution in [3.8, 4) is 5.75 Å². The van der Waals surface area contributed by atoms with E-state index < -0.39 is 0 Å². The molecule has 2 aromatic rings. The summed E-state index contributed by atoms with van der Waals surface area (Å²) in [4.78, 5) is 17.7. The molecule has 0 aliphatic heterocycles. The Morgan fingerprint density at radius 2 is 1.75 bits per heavy atom. The highest BCUT2D eigenvalue weighted by molar-refractivity contribution is 5.94. The molecule has 0 aliphatic carbocycles. The van der Waals surface area contributed by atoms with Crippen molar-refractivity contribution in [3.63, 3.8) is 0 Å². The van der Waals surface area contributed by atoms with Crippen LogP contribution in [0.1, 0.15) is 15.9 Å². The Morgan fingerprint density at radius 1 is 1.12 bits per heavy atom. The van der Waals surface area contributed by atoms with Gasteiger partial charge in [-0.3, -0.25) is 4.79 Å². The molecule has 1 amide bonds. The average Bonchev–Trinajstić information content (AvgIpc) is 2.60. The van der Waals surface area contributed by atoms with E-state index in [-0.39, 0.29) is 5.91 Å². The fourth-order valence-electron chi connectivity index (χ4n) is 2.05. The smallest absolute Gasteiger partial charge is 0.253 e. The van der Waals surface area contributed by atoms with Crippen LogP contribution in [-0.4, -0.2) is 38.0 Å². The van der Waals surface area contributed by atoms with E-state index in [2.05, 4.69) is 10.3 Å². The van der Waals surface area contributed by atoms with E-state index in [9.17, 15) is 4.79 Å². The second-order valence-electron chi connectivity index (χ2n) is 5.45. The zero-order valence-corrected chi connectivity index (χ0v) is 14.1. The maximum atomic E-state index is 11.8. The van der Waals surface area contributed by atoms with Crippen LogP contribution >= 0.6 is 0 Å². The van der Waals surface area contributed by atoms with Gasteiger partial charge in [0.15, 0.2) is 5.96 Å². The average molecular weight is 326 g/mol. The number of nitrogens with one attached hydrogen (secondary N) is 1. The van der Waals surface area contributed by atoms with E-state index in [0.717, 1.165) is 17.0 Å². The van der Waals surface area contributed by atoms with Gasteiger partial charge in [-0.05, 0) is 42.0 Å². The number of nitrogens with two attached hydrogens (primary N) is 1. The summed E-state index contributed by atoms with van der Waals surface area (Å²) in [5, 5.41) is 3.02. The first-order valence-electron chi connectivity index (χ1n) is 7.51. The molecule has 2 rings (SSSR count). The second-order valence-corrected chi connectivity index (χ2v) is 5.45. The maximum absolute atomic E-state index is 11.8. The maximum Gasteiger partial charge on any atom is 0.253 e. The Kier molecular flexibility index (Phi) is 5.78. The number of rotatable bonds is 5. The molecule has 0 saturated carbocycles. The molecule has 0 aromatic heterocycles. The van der Waals surface area contributed by atoms with Gasteiger partial charge in [0.1, 0.15) is 5.75 Å². The Morgan fingerprint density at radius 3 is 2.29 bits per heavy atom. The third-order valence-corrected chi connectivity index (χ3v) is 3.40. The van der Waals surface area contributed by atoms with Crippen LogP contribution in [0, 0.1) is 0 Å². The number of hydrogen-bond donors (Lipinski definition) is 2. The number of carbonyl (C=O) groups is 1. The summed E-state index contributed by atoms with van der Waals surface area (Å²) in [6.07, 6.45) is 0. The summed E-state index contributed by atoms with van der Waals surface area (Å²) in [6, 6.07) is 14.8. The number of methoxy groups -OCH3 is 1. The summed E-state index contributed by atoms with van der Waals surface area (Å²) in [5.41, 5.74) is 8.35. The molecule has 0 heterocycles. The van der Waals surface area contributed by atoms with Crippen molar-refractivity contribution in [2.24, 2.45) is 10.7 Å². The van der Waals surface area contributed by atoms with Gasteiger partial charge in [0.05, 0.1) is 13.7 Å². The SMILES string of the molecule is COc1ccc(NC(N)=NCc2ccc(C(=O)N(C)C)cc2)cc1. The molecular weight excluding hydrogens is 304 g/mol. The lowest BCUT2D eigenvalue weighted by Crippen LogP contribution is -2.22. The van der Waals surface area contributed by atoms with E-state index in [4.69, 9.17) is 10.5 Å². The van der Waals surface area contributed by atoms with Crippen molar-refractivity contribution in [3.05, 3.63) is 59.7 Å². The number of benzene rings is 2. The van der Waals surface area contributed by atoms with Crippen LogP contribution in [-0.2, 0) is 6.54 Å². The molecule has 0 aliphatic rings. The predicted molar refractivity (Wildman–Crippen MR) is 96.4 cm³/mol. The minimum atomic E-state index is -0.0225. The Labute approximate surface area is 141 Å². The third kappa shape index (κ3) is 4.74. The number of carbonyl (C=O) groups excluding carboxylic acids is 1. The Hall–Kier alpha value is -3.02. The first-order valence-corrected chi connectivity index (χ1v) is 7.51. The summed E-state index contributed by atoms with van der Waals surface area (Å²) in [7, 11) is 5.08. The molecular formula is C18H22N4O2. The van der Waals surface area contributed by atoms with Crippen LogP contribution < -0.4 is 15.8 Å². The number of anilines is 1. The van der Waals surface area contributed by atoms with Gasteiger partial charge in [0.2, 0.25) is 0 Å². The minimum Gasteiger partial charge on any atom is -0.497 e. The normalized spacial score (nSPS) is 11.0. The Balaban J connectivity index is 1.95. The topological polar surface area (TPSA) is 80.0 Å². The van der Waals surface area contributed by atoms with Gasteiger partial charge in [-0.25, -0.2) is 4.99 Å². The van der Waals surface area contributed by atoms with Gasteiger partial charge in [0, 0.05) is 25.3 Å².